The molecule has 2 unspecified atom stereocenters. The average molecular weight is 413 g/mol. The van der Waals surface area contributed by atoms with E-state index < -0.39 is 0 Å². The Morgan fingerprint density at radius 1 is 1.38 bits per heavy atom. The molecule has 5 nitrogen and oxygen atoms in total. The molecule has 0 aromatic carbocycles. The Morgan fingerprint density at radius 3 is 2.71 bits per heavy atom. The first kappa shape index (κ1) is 20.9. The van der Waals surface area contributed by atoms with Crippen LogP contribution in [0.15, 0.2) is 4.99 Å². The van der Waals surface area contributed by atoms with Gasteiger partial charge in [0.2, 0.25) is 0 Å². The third-order valence-electron chi connectivity index (χ3n) is 3.67. The zero-order valence-corrected chi connectivity index (χ0v) is 16.2. The predicted molar refractivity (Wildman–Crippen MR) is 98.6 cm³/mol. The van der Waals surface area contributed by atoms with Gasteiger partial charge in [0.15, 0.2) is 5.96 Å². The van der Waals surface area contributed by atoms with E-state index in [-0.39, 0.29) is 24.0 Å². The summed E-state index contributed by atoms with van der Waals surface area (Å²) in [6.07, 6.45) is 3.61. The zero-order valence-electron chi connectivity index (χ0n) is 13.9. The molecule has 0 aromatic rings. The minimum Gasteiger partial charge on any atom is -0.379 e. The van der Waals surface area contributed by atoms with Crippen molar-refractivity contribution < 1.29 is 9.47 Å². The molecule has 1 saturated heterocycles. The predicted octanol–water partition coefficient (Wildman–Crippen LogP) is 2.40. The minimum atomic E-state index is 0. The van der Waals surface area contributed by atoms with Crippen LogP contribution in [0.4, 0.5) is 0 Å². The third-order valence-corrected chi connectivity index (χ3v) is 3.67. The van der Waals surface area contributed by atoms with Crippen LogP contribution in [0.25, 0.3) is 0 Å². The number of guanidine groups is 1. The Balaban J connectivity index is 0.00000400. The summed E-state index contributed by atoms with van der Waals surface area (Å²) in [4.78, 5) is 4.22. The first-order chi connectivity index (χ1) is 9.63. The number of rotatable bonds is 8. The lowest BCUT2D eigenvalue weighted by Crippen LogP contribution is -2.44. The first-order valence-corrected chi connectivity index (χ1v) is 7.80. The second kappa shape index (κ2) is 12.5. The molecule has 0 aromatic heterocycles. The van der Waals surface area contributed by atoms with Gasteiger partial charge < -0.3 is 20.1 Å². The number of hydrogen-bond donors (Lipinski definition) is 2. The molecule has 1 aliphatic heterocycles. The van der Waals surface area contributed by atoms with Gasteiger partial charge in [0.25, 0.3) is 0 Å². The molecular formula is C15H32IN3O2. The van der Waals surface area contributed by atoms with Crippen LogP contribution in [0.5, 0.6) is 0 Å². The SMILES string of the molecule is CN=C(NCCCOCC1CCCO1)NC(C)C(C)C.I. The summed E-state index contributed by atoms with van der Waals surface area (Å²) in [7, 11) is 1.80. The van der Waals surface area contributed by atoms with Gasteiger partial charge in [-0.2, -0.15) is 0 Å². The number of nitrogens with one attached hydrogen (secondary N) is 2. The number of hydrogen-bond acceptors (Lipinski definition) is 3. The standard InChI is InChI=1S/C15H31N3O2.HI/c1-12(2)13(3)18-15(16-4)17-8-6-9-19-11-14-7-5-10-20-14;/h12-14H,5-11H2,1-4H3,(H2,16,17,18);1H. The molecule has 6 heteroatoms. The van der Waals surface area contributed by atoms with Gasteiger partial charge in [0.1, 0.15) is 0 Å². The summed E-state index contributed by atoms with van der Waals surface area (Å²) < 4.78 is 11.1. The van der Waals surface area contributed by atoms with E-state index in [4.69, 9.17) is 9.47 Å². The van der Waals surface area contributed by atoms with Crippen LogP contribution in [-0.2, 0) is 9.47 Å². The highest BCUT2D eigenvalue weighted by Gasteiger charge is 2.14. The van der Waals surface area contributed by atoms with Gasteiger partial charge in [0.05, 0.1) is 12.7 Å². The number of aliphatic imine (C=N–C) groups is 1. The summed E-state index contributed by atoms with van der Waals surface area (Å²) in [5.74, 6) is 1.45. The maximum Gasteiger partial charge on any atom is 0.191 e. The van der Waals surface area contributed by atoms with Crippen molar-refractivity contribution in [2.75, 3.05) is 33.4 Å². The van der Waals surface area contributed by atoms with Gasteiger partial charge in [-0.1, -0.05) is 13.8 Å². The molecule has 0 aliphatic carbocycles. The van der Waals surface area contributed by atoms with Crippen molar-refractivity contribution >= 4 is 29.9 Å². The molecule has 21 heavy (non-hydrogen) atoms. The van der Waals surface area contributed by atoms with Gasteiger partial charge in [-0.05, 0) is 32.1 Å². The van der Waals surface area contributed by atoms with Crippen molar-refractivity contribution in [2.24, 2.45) is 10.9 Å². The monoisotopic (exact) mass is 413 g/mol. The van der Waals surface area contributed by atoms with Gasteiger partial charge in [0, 0.05) is 32.8 Å². The maximum absolute atomic E-state index is 5.63. The Hall–Kier alpha value is -0.0800. The van der Waals surface area contributed by atoms with E-state index in [2.05, 4.69) is 36.4 Å². The van der Waals surface area contributed by atoms with E-state index in [0.717, 1.165) is 45.2 Å². The van der Waals surface area contributed by atoms with Crippen LogP contribution >= 0.6 is 24.0 Å². The van der Waals surface area contributed by atoms with Crippen LogP contribution in [0.3, 0.4) is 0 Å². The first-order valence-electron chi connectivity index (χ1n) is 7.80. The molecule has 0 bridgehead atoms. The lowest BCUT2D eigenvalue weighted by Gasteiger charge is -2.20. The second-order valence-electron chi connectivity index (χ2n) is 5.74. The average Bonchev–Trinajstić information content (AvgIpc) is 2.94. The number of ether oxygens (including phenoxy) is 2. The Kier molecular flexibility index (Phi) is 12.4. The molecule has 1 rings (SSSR count). The molecule has 126 valence electrons. The highest BCUT2D eigenvalue weighted by molar-refractivity contribution is 14.0. The summed E-state index contributed by atoms with van der Waals surface area (Å²) in [6.45, 7) is 9.83. The second-order valence-corrected chi connectivity index (χ2v) is 5.74. The van der Waals surface area contributed by atoms with Crippen LogP contribution in [-0.4, -0.2) is 51.5 Å². The van der Waals surface area contributed by atoms with Gasteiger partial charge in [-0.25, -0.2) is 0 Å². The van der Waals surface area contributed by atoms with Crippen molar-refractivity contribution in [3.63, 3.8) is 0 Å². The van der Waals surface area contributed by atoms with Crippen LogP contribution in [0, 0.1) is 5.92 Å². The van der Waals surface area contributed by atoms with Crippen LogP contribution < -0.4 is 10.6 Å². The highest BCUT2D eigenvalue weighted by atomic mass is 127. The quantitative estimate of drug-likeness (QED) is 0.278. The molecule has 2 atom stereocenters. The Bertz CT molecular complexity index is 282. The molecule has 2 N–H and O–H groups in total. The van der Waals surface area contributed by atoms with Crippen LogP contribution in [0.1, 0.15) is 40.0 Å². The van der Waals surface area contributed by atoms with E-state index in [1.165, 1.54) is 6.42 Å². The Labute approximate surface area is 146 Å². The van der Waals surface area contributed by atoms with Crippen molar-refractivity contribution in [3.8, 4) is 0 Å². The van der Waals surface area contributed by atoms with Gasteiger partial charge >= 0.3 is 0 Å². The van der Waals surface area contributed by atoms with E-state index in [1.54, 1.807) is 7.05 Å². The molecule has 0 radical (unpaired) electrons. The fourth-order valence-corrected chi connectivity index (χ4v) is 1.95. The smallest absolute Gasteiger partial charge is 0.191 e. The fraction of sp³-hybridized carbons (Fsp3) is 0.933. The van der Waals surface area contributed by atoms with Gasteiger partial charge in [-0.15, -0.1) is 24.0 Å². The van der Waals surface area contributed by atoms with E-state index >= 15 is 0 Å². The van der Waals surface area contributed by atoms with Crippen LogP contribution in [0.2, 0.25) is 0 Å². The van der Waals surface area contributed by atoms with Crippen molar-refractivity contribution in [1.29, 1.82) is 0 Å². The molecule has 1 heterocycles. The Morgan fingerprint density at radius 2 is 2.14 bits per heavy atom. The highest BCUT2D eigenvalue weighted by Crippen LogP contribution is 2.11. The fourth-order valence-electron chi connectivity index (χ4n) is 1.95. The van der Waals surface area contributed by atoms with E-state index in [1.807, 2.05) is 0 Å². The van der Waals surface area contributed by atoms with E-state index in [9.17, 15) is 0 Å². The summed E-state index contributed by atoms with van der Waals surface area (Å²) in [6, 6.07) is 0.414. The molecule has 1 aliphatic rings. The van der Waals surface area contributed by atoms with Crippen molar-refractivity contribution in [2.45, 2.75) is 52.2 Å². The largest absolute Gasteiger partial charge is 0.379 e. The van der Waals surface area contributed by atoms with Crippen molar-refractivity contribution in [3.05, 3.63) is 0 Å². The summed E-state index contributed by atoms with van der Waals surface area (Å²) in [5.41, 5.74) is 0. The topological polar surface area (TPSA) is 54.9 Å². The number of nitrogens with zero attached hydrogens (tertiary/aromatic N) is 1. The lowest BCUT2D eigenvalue weighted by atomic mass is 10.1. The summed E-state index contributed by atoms with van der Waals surface area (Å²) in [5, 5.41) is 6.69. The molecule has 0 amide bonds. The lowest BCUT2D eigenvalue weighted by molar-refractivity contribution is 0.0168. The number of halogens is 1. The molecule has 1 fully saturated rings. The van der Waals surface area contributed by atoms with Crippen molar-refractivity contribution in [1.82, 2.24) is 10.6 Å². The maximum atomic E-state index is 5.63. The molecular weight excluding hydrogens is 381 g/mol. The van der Waals surface area contributed by atoms with Gasteiger partial charge in [-0.3, -0.25) is 4.99 Å². The molecule has 0 saturated carbocycles. The zero-order chi connectivity index (χ0) is 14.8. The molecule has 0 spiro atoms. The summed E-state index contributed by atoms with van der Waals surface area (Å²) >= 11 is 0. The minimum absolute atomic E-state index is 0. The third kappa shape index (κ3) is 9.52. The van der Waals surface area contributed by atoms with E-state index in [0.29, 0.717) is 18.1 Å². The normalized spacial score (nSPS) is 20.2.